The Bertz CT molecular complexity index is 1050. The van der Waals surface area contributed by atoms with E-state index in [-0.39, 0.29) is 11.4 Å². The number of H-pyrrole nitrogens is 1. The summed E-state index contributed by atoms with van der Waals surface area (Å²) in [7, 11) is 0. The number of nitrogens with one attached hydrogen (secondary N) is 1. The van der Waals surface area contributed by atoms with Gasteiger partial charge in [-0.05, 0) is 11.6 Å². The van der Waals surface area contributed by atoms with Crippen molar-refractivity contribution >= 4 is 17.3 Å². The number of aromatic nitrogens is 5. The van der Waals surface area contributed by atoms with Gasteiger partial charge in [-0.1, -0.05) is 17.7 Å². The predicted octanol–water partition coefficient (Wildman–Crippen LogP) is 2.43. The van der Waals surface area contributed by atoms with Gasteiger partial charge in [0.2, 0.25) is 6.43 Å². The fourth-order valence-corrected chi connectivity index (χ4v) is 3.65. The third kappa shape index (κ3) is 3.62. The van der Waals surface area contributed by atoms with E-state index in [1.165, 1.54) is 12.4 Å². The summed E-state index contributed by atoms with van der Waals surface area (Å²) in [6.45, 7) is 1.57. The normalized spacial score (nSPS) is 13.8. The van der Waals surface area contributed by atoms with E-state index in [2.05, 4.69) is 20.2 Å². The van der Waals surface area contributed by atoms with Crippen molar-refractivity contribution in [2.24, 2.45) is 0 Å². The van der Waals surface area contributed by atoms with Crippen LogP contribution in [0, 0.1) is 0 Å². The Morgan fingerprint density at radius 3 is 3.00 bits per heavy atom. The predicted molar refractivity (Wildman–Crippen MR) is 99.9 cm³/mol. The molecule has 1 aliphatic heterocycles. The third-order valence-corrected chi connectivity index (χ3v) is 5.15. The van der Waals surface area contributed by atoms with E-state index in [1.54, 1.807) is 12.4 Å². The molecule has 0 saturated carbocycles. The molecular formula is C18H17ClF2N6O. The maximum Gasteiger partial charge on any atom is 0.285 e. The zero-order chi connectivity index (χ0) is 19.7. The summed E-state index contributed by atoms with van der Waals surface area (Å²) >= 11 is 6.11. The maximum absolute atomic E-state index is 12.8. The highest BCUT2D eigenvalue weighted by molar-refractivity contribution is 6.32. The van der Waals surface area contributed by atoms with E-state index in [0.717, 1.165) is 17.0 Å². The molecule has 10 heteroatoms. The lowest BCUT2D eigenvalue weighted by Gasteiger charge is -2.29. The lowest BCUT2D eigenvalue weighted by molar-refractivity contribution is 0.147. The molecule has 0 fully saturated rings. The van der Waals surface area contributed by atoms with Gasteiger partial charge in [-0.3, -0.25) is 9.78 Å². The van der Waals surface area contributed by atoms with Crippen LogP contribution in [0.3, 0.4) is 0 Å². The monoisotopic (exact) mass is 406 g/mol. The number of fused-ring (bicyclic) bond motifs is 1. The highest BCUT2D eigenvalue weighted by Gasteiger charge is 2.24. The van der Waals surface area contributed by atoms with Gasteiger partial charge in [0, 0.05) is 24.9 Å². The number of anilines is 1. The highest BCUT2D eigenvalue weighted by atomic mass is 35.5. The van der Waals surface area contributed by atoms with Crippen LogP contribution in [0.4, 0.5) is 14.5 Å². The number of aromatic amines is 1. The van der Waals surface area contributed by atoms with Crippen LogP contribution in [0.1, 0.15) is 22.6 Å². The van der Waals surface area contributed by atoms with Crippen molar-refractivity contribution in [3.05, 3.63) is 68.9 Å². The molecule has 0 saturated heterocycles. The van der Waals surface area contributed by atoms with Gasteiger partial charge in [-0.15, -0.1) is 0 Å². The van der Waals surface area contributed by atoms with Gasteiger partial charge in [0.1, 0.15) is 5.02 Å². The average Bonchev–Trinajstić information content (AvgIpc) is 3.07. The standard InChI is InChI=1S/C18H17ClF2N6O/c19-17-15(7-24-25-18(17)28)26-5-3-14-13(9-26)23-10-27(14)8-11-2-1-4-22-12(11)6-16(20)21/h1-2,4,7,10,16H,3,5-6,8-9H2,(H,25,28). The molecule has 0 bridgehead atoms. The molecule has 3 aromatic heterocycles. The summed E-state index contributed by atoms with van der Waals surface area (Å²) in [6, 6.07) is 3.56. The van der Waals surface area contributed by atoms with E-state index in [9.17, 15) is 13.6 Å². The van der Waals surface area contributed by atoms with E-state index in [0.29, 0.717) is 37.4 Å². The number of alkyl halides is 2. The molecule has 0 unspecified atom stereocenters. The molecule has 0 atom stereocenters. The van der Waals surface area contributed by atoms with Crippen LogP contribution in [-0.4, -0.2) is 37.7 Å². The smallest absolute Gasteiger partial charge is 0.285 e. The summed E-state index contributed by atoms with van der Waals surface area (Å²) in [5, 5.41) is 6.22. The molecule has 28 heavy (non-hydrogen) atoms. The molecule has 0 aliphatic carbocycles. The highest BCUT2D eigenvalue weighted by Crippen LogP contribution is 2.27. The topological polar surface area (TPSA) is 79.7 Å². The summed E-state index contributed by atoms with van der Waals surface area (Å²) in [6.07, 6.45) is 2.65. The second kappa shape index (κ2) is 7.67. The number of hydrogen-bond donors (Lipinski definition) is 1. The van der Waals surface area contributed by atoms with Crippen molar-refractivity contribution in [2.45, 2.75) is 32.4 Å². The quantitative estimate of drug-likeness (QED) is 0.704. The Kier molecular flexibility index (Phi) is 5.08. The van der Waals surface area contributed by atoms with E-state index in [4.69, 9.17) is 11.6 Å². The van der Waals surface area contributed by atoms with E-state index in [1.807, 2.05) is 15.5 Å². The second-order valence-electron chi connectivity index (χ2n) is 6.54. The molecule has 0 radical (unpaired) electrons. The van der Waals surface area contributed by atoms with Crippen molar-refractivity contribution in [1.82, 2.24) is 24.7 Å². The number of hydrogen-bond acceptors (Lipinski definition) is 5. The number of rotatable bonds is 5. The lowest BCUT2D eigenvalue weighted by atomic mass is 10.1. The Morgan fingerprint density at radius 2 is 2.18 bits per heavy atom. The van der Waals surface area contributed by atoms with E-state index >= 15 is 0 Å². The van der Waals surface area contributed by atoms with Crippen LogP contribution in [0.15, 0.2) is 35.6 Å². The molecule has 1 N–H and O–H groups in total. The summed E-state index contributed by atoms with van der Waals surface area (Å²) < 4.78 is 27.6. The van der Waals surface area contributed by atoms with Gasteiger partial charge in [-0.2, -0.15) is 5.10 Å². The van der Waals surface area contributed by atoms with Gasteiger partial charge in [-0.25, -0.2) is 18.9 Å². The summed E-state index contributed by atoms with van der Waals surface area (Å²) in [4.78, 5) is 22.2. The van der Waals surface area contributed by atoms with Crippen molar-refractivity contribution in [3.8, 4) is 0 Å². The fraction of sp³-hybridized carbons (Fsp3) is 0.333. The molecule has 0 aromatic carbocycles. The molecular weight excluding hydrogens is 390 g/mol. The van der Waals surface area contributed by atoms with Crippen LogP contribution in [0.2, 0.25) is 5.02 Å². The second-order valence-corrected chi connectivity index (χ2v) is 6.92. The van der Waals surface area contributed by atoms with E-state index < -0.39 is 12.0 Å². The average molecular weight is 407 g/mol. The van der Waals surface area contributed by atoms with Gasteiger partial charge >= 0.3 is 0 Å². The van der Waals surface area contributed by atoms with Gasteiger partial charge in [0.15, 0.2) is 0 Å². The minimum atomic E-state index is -2.44. The molecule has 4 heterocycles. The number of nitrogens with zero attached hydrogens (tertiary/aromatic N) is 5. The fourth-order valence-electron chi connectivity index (χ4n) is 3.44. The molecule has 3 aromatic rings. The lowest BCUT2D eigenvalue weighted by Crippen LogP contribution is -2.32. The zero-order valence-corrected chi connectivity index (χ0v) is 15.5. The summed E-state index contributed by atoms with van der Waals surface area (Å²) in [5.41, 5.74) is 3.20. The van der Waals surface area contributed by atoms with Crippen molar-refractivity contribution in [1.29, 1.82) is 0 Å². The Morgan fingerprint density at radius 1 is 1.32 bits per heavy atom. The number of imidazole rings is 1. The van der Waals surface area contributed by atoms with Crippen LogP contribution < -0.4 is 10.5 Å². The number of halogens is 3. The Hall–Kier alpha value is -2.81. The van der Waals surface area contributed by atoms with Crippen LogP contribution in [-0.2, 0) is 25.9 Å². The molecule has 146 valence electrons. The Balaban J connectivity index is 1.57. The van der Waals surface area contributed by atoms with Gasteiger partial charge < -0.3 is 9.47 Å². The first-order valence-corrected chi connectivity index (χ1v) is 9.12. The molecule has 7 nitrogen and oxygen atoms in total. The van der Waals surface area contributed by atoms with Crippen LogP contribution >= 0.6 is 11.6 Å². The van der Waals surface area contributed by atoms with Crippen LogP contribution in [0.5, 0.6) is 0 Å². The first-order valence-electron chi connectivity index (χ1n) is 8.75. The first kappa shape index (κ1) is 18.5. The molecule has 1 aliphatic rings. The Labute approximate surface area is 164 Å². The summed E-state index contributed by atoms with van der Waals surface area (Å²) in [5.74, 6) is 0. The van der Waals surface area contributed by atoms with Crippen LogP contribution in [0.25, 0.3) is 0 Å². The largest absolute Gasteiger partial charge is 0.362 e. The van der Waals surface area contributed by atoms with Crippen molar-refractivity contribution in [2.75, 3.05) is 11.4 Å². The first-order chi connectivity index (χ1) is 13.5. The van der Waals surface area contributed by atoms with Gasteiger partial charge in [0.05, 0.1) is 49.1 Å². The van der Waals surface area contributed by atoms with Gasteiger partial charge in [0.25, 0.3) is 5.56 Å². The maximum atomic E-state index is 12.8. The molecule has 4 rings (SSSR count). The van der Waals surface area contributed by atoms with Crippen molar-refractivity contribution in [3.63, 3.8) is 0 Å². The number of pyridine rings is 1. The zero-order valence-electron chi connectivity index (χ0n) is 14.8. The molecule has 0 amide bonds. The minimum absolute atomic E-state index is 0.102. The van der Waals surface area contributed by atoms with Crippen molar-refractivity contribution < 1.29 is 8.78 Å². The SMILES string of the molecule is O=c1[nH]ncc(N2CCc3c(ncn3Cc3cccnc3CC(F)F)C2)c1Cl. The molecule has 0 spiro atoms. The minimum Gasteiger partial charge on any atom is -0.362 e. The third-order valence-electron chi connectivity index (χ3n) is 4.78.